The molecule has 1 aliphatic heterocycles. The fourth-order valence-corrected chi connectivity index (χ4v) is 3.17. The normalized spacial score (nSPS) is 17.5. The van der Waals surface area contributed by atoms with Gasteiger partial charge >= 0.3 is 6.03 Å². The van der Waals surface area contributed by atoms with Crippen molar-refractivity contribution in [1.29, 1.82) is 0 Å². The van der Waals surface area contributed by atoms with E-state index in [2.05, 4.69) is 38.2 Å². The Bertz CT molecular complexity index is 776. The van der Waals surface area contributed by atoms with Crippen molar-refractivity contribution >= 4 is 11.9 Å². The van der Waals surface area contributed by atoms with Gasteiger partial charge in [0.15, 0.2) is 0 Å². The summed E-state index contributed by atoms with van der Waals surface area (Å²) in [4.78, 5) is 26.2. The van der Waals surface area contributed by atoms with Gasteiger partial charge in [-0.15, -0.1) is 0 Å². The summed E-state index contributed by atoms with van der Waals surface area (Å²) in [7, 11) is 0. The SMILES string of the molecule is CC(C)(C)c1ccc(CN2C(=O)N[C@@H](CCc3ccccc3)C2=O)cc1. The molecule has 2 aromatic rings. The zero-order chi connectivity index (χ0) is 18.7. The molecular weight excluding hydrogens is 324 g/mol. The van der Waals surface area contributed by atoms with Crippen LogP contribution in [0.5, 0.6) is 0 Å². The molecule has 1 heterocycles. The monoisotopic (exact) mass is 350 g/mol. The van der Waals surface area contributed by atoms with Crippen molar-refractivity contribution in [3.8, 4) is 0 Å². The van der Waals surface area contributed by atoms with Crippen molar-refractivity contribution in [3.05, 3.63) is 71.3 Å². The van der Waals surface area contributed by atoms with Crippen LogP contribution in [0.15, 0.2) is 54.6 Å². The molecule has 0 radical (unpaired) electrons. The highest BCUT2D eigenvalue weighted by atomic mass is 16.2. The molecular formula is C22H26N2O2. The Labute approximate surface area is 155 Å². The molecule has 0 aromatic heterocycles. The average molecular weight is 350 g/mol. The van der Waals surface area contributed by atoms with Gasteiger partial charge in [-0.05, 0) is 34.9 Å². The van der Waals surface area contributed by atoms with E-state index in [1.807, 2.05) is 42.5 Å². The van der Waals surface area contributed by atoms with Gasteiger partial charge in [0.2, 0.25) is 0 Å². The van der Waals surface area contributed by atoms with Gasteiger partial charge in [0.1, 0.15) is 6.04 Å². The summed E-state index contributed by atoms with van der Waals surface area (Å²) < 4.78 is 0. The van der Waals surface area contributed by atoms with E-state index in [9.17, 15) is 9.59 Å². The Morgan fingerprint density at radius 3 is 2.19 bits per heavy atom. The Kier molecular flexibility index (Phi) is 5.12. The summed E-state index contributed by atoms with van der Waals surface area (Å²) in [5, 5.41) is 2.82. The second kappa shape index (κ2) is 7.32. The predicted molar refractivity (Wildman–Crippen MR) is 103 cm³/mol. The molecule has 1 aliphatic rings. The molecule has 1 fully saturated rings. The highest BCUT2D eigenvalue weighted by molar-refractivity contribution is 6.04. The highest BCUT2D eigenvalue weighted by Gasteiger charge is 2.37. The summed E-state index contributed by atoms with van der Waals surface area (Å²) in [6.45, 7) is 6.81. The number of urea groups is 1. The Hall–Kier alpha value is -2.62. The number of rotatable bonds is 5. The standard InChI is InChI=1S/C22H26N2O2/c1-22(2,3)18-12-9-17(10-13-18)15-24-20(25)19(23-21(24)26)14-11-16-7-5-4-6-8-16/h4-10,12-13,19H,11,14-15H2,1-3H3,(H,23,26)/t19-/m0/s1. The van der Waals surface area contributed by atoms with Gasteiger partial charge in [-0.1, -0.05) is 75.4 Å². The summed E-state index contributed by atoms with van der Waals surface area (Å²) in [6.07, 6.45) is 1.39. The number of carbonyl (C=O) groups excluding carboxylic acids is 2. The fourth-order valence-electron chi connectivity index (χ4n) is 3.17. The maximum Gasteiger partial charge on any atom is 0.325 e. The molecule has 4 heteroatoms. The molecule has 136 valence electrons. The number of nitrogens with one attached hydrogen (secondary N) is 1. The minimum absolute atomic E-state index is 0.0852. The van der Waals surface area contributed by atoms with E-state index in [-0.39, 0.29) is 17.4 Å². The molecule has 1 N–H and O–H groups in total. The van der Waals surface area contributed by atoms with Crippen molar-refractivity contribution < 1.29 is 9.59 Å². The number of nitrogens with zero attached hydrogens (tertiary/aromatic N) is 1. The number of imide groups is 1. The smallest absolute Gasteiger partial charge is 0.325 e. The number of hydrogen-bond acceptors (Lipinski definition) is 2. The maximum atomic E-state index is 12.6. The Morgan fingerprint density at radius 2 is 1.58 bits per heavy atom. The molecule has 1 saturated heterocycles. The topological polar surface area (TPSA) is 49.4 Å². The molecule has 4 nitrogen and oxygen atoms in total. The van der Waals surface area contributed by atoms with Crippen LogP contribution in [0.4, 0.5) is 4.79 Å². The summed E-state index contributed by atoms with van der Waals surface area (Å²) in [5.74, 6) is -0.133. The first-order chi connectivity index (χ1) is 12.3. The summed E-state index contributed by atoms with van der Waals surface area (Å²) in [6, 6.07) is 17.4. The van der Waals surface area contributed by atoms with E-state index in [1.165, 1.54) is 16.0 Å². The predicted octanol–water partition coefficient (Wildman–Crippen LogP) is 4.04. The number of aryl methyl sites for hydroxylation is 1. The molecule has 0 spiro atoms. The summed E-state index contributed by atoms with van der Waals surface area (Å²) >= 11 is 0. The van der Waals surface area contributed by atoms with Crippen LogP contribution in [-0.4, -0.2) is 22.9 Å². The lowest BCUT2D eigenvalue weighted by atomic mass is 9.87. The second-order valence-corrected chi connectivity index (χ2v) is 7.90. The third-order valence-corrected chi connectivity index (χ3v) is 4.83. The molecule has 3 amide bonds. The molecule has 0 aliphatic carbocycles. The second-order valence-electron chi connectivity index (χ2n) is 7.90. The van der Waals surface area contributed by atoms with Crippen LogP contribution in [0.25, 0.3) is 0 Å². The molecule has 0 unspecified atom stereocenters. The third-order valence-electron chi connectivity index (χ3n) is 4.83. The molecule has 26 heavy (non-hydrogen) atoms. The van der Waals surface area contributed by atoms with Crippen LogP contribution in [0, 0.1) is 0 Å². The van der Waals surface area contributed by atoms with E-state index in [4.69, 9.17) is 0 Å². The average Bonchev–Trinajstić information content (AvgIpc) is 2.88. The van der Waals surface area contributed by atoms with E-state index >= 15 is 0 Å². The minimum Gasteiger partial charge on any atom is -0.326 e. The quantitative estimate of drug-likeness (QED) is 0.828. The van der Waals surface area contributed by atoms with Crippen LogP contribution in [-0.2, 0) is 23.2 Å². The number of hydrogen-bond donors (Lipinski definition) is 1. The largest absolute Gasteiger partial charge is 0.326 e. The van der Waals surface area contributed by atoms with Crippen LogP contribution in [0.2, 0.25) is 0 Å². The van der Waals surface area contributed by atoms with Crippen LogP contribution in [0.3, 0.4) is 0 Å². The van der Waals surface area contributed by atoms with Gasteiger partial charge in [-0.25, -0.2) is 4.79 Å². The van der Waals surface area contributed by atoms with E-state index in [0.29, 0.717) is 13.0 Å². The molecule has 3 rings (SSSR count). The van der Waals surface area contributed by atoms with E-state index in [0.717, 1.165) is 12.0 Å². The van der Waals surface area contributed by atoms with Crippen molar-refractivity contribution in [1.82, 2.24) is 10.2 Å². The van der Waals surface area contributed by atoms with Gasteiger partial charge in [0.05, 0.1) is 6.54 Å². The first-order valence-electron chi connectivity index (χ1n) is 9.10. The van der Waals surface area contributed by atoms with E-state index in [1.54, 1.807) is 0 Å². The van der Waals surface area contributed by atoms with Crippen LogP contribution < -0.4 is 5.32 Å². The molecule has 1 atom stereocenters. The van der Waals surface area contributed by atoms with Crippen molar-refractivity contribution in [2.75, 3.05) is 0 Å². The molecule has 0 bridgehead atoms. The lowest BCUT2D eigenvalue weighted by Gasteiger charge is -2.20. The lowest BCUT2D eigenvalue weighted by Crippen LogP contribution is -2.31. The van der Waals surface area contributed by atoms with E-state index < -0.39 is 6.04 Å². The van der Waals surface area contributed by atoms with Crippen molar-refractivity contribution in [3.63, 3.8) is 0 Å². The zero-order valence-electron chi connectivity index (χ0n) is 15.7. The lowest BCUT2D eigenvalue weighted by molar-refractivity contribution is -0.128. The van der Waals surface area contributed by atoms with Gasteiger partial charge < -0.3 is 5.32 Å². The number of benzene rings is 2. The van der Waals surface area contributed by atoms with Gasteiger partial charge in [0.25, 0.3) is 5.91 Å². The van der Waals surface area contributed by atoms with Gasteiger partial charge in [0, 0.05) is 0 Å². The van der Waals surface area contributed by atoms with Crippen molar-refractivity contribution in [2.45, 2.75) is 51.6 Å². The first kappa shape index (κ1) is 18.2. The fraction of sp³-hybridized carbons (Fsp3) is 0.364. The number of amides is 3. The Balaban J connectivity index is 1.62. The van der Waals surface area contributed by atoms with Crippen LogP contribution >= 0.6 is 0 Å². The summed E-state index contributed by atoms with van der Waals surface area (Å²) in [5.41, 5.74) is 3.46. The molecule has 0 saturated carbocycles. The first-order valence-corrected chi connectivity index (χ1v) is 9.10. The minimum atomic E-state index is -0.434. The Morgan fingerprint density at radius 1 is 0.923 bits per heavy atom. The van der Waals surface area contributed by atoms with Crippen molar-refractivity contribution in [2.24, 2.45) is 0 Å². The van der Waals surface area contributed by atoms with Gasteiger partial charge in [-0.3, -0.25) is 9.69 Å². The maximum absolute atomic E-state index is 12.6. The van der Waals surface area contributed by atoms with Crippen LogP contribution in [0.1, 0.15) is 43.9 Å². The highest BCUT2D eigenvalue weighted by Crippen LogP contribution is 2.23. The number of carbonyl (C=O) groups is 2. The van der Waals surface area contributed by atoms with Gasteiger partial charge in [-0.2, -0.15) is 0 Å². The molecule has 2 aromatic carbocycles. The third kappa shape index (κ3) is 4.13. The zero-order valence-corrected chi connectivity index (χ0v) is 15.7.